The van der Waals surface area contributed by atoms with Crippen LogP contribution in [0.2, 0.25) is 10.0 Å². The van der Waals surface area contributed by atoms with E-state index < -0.39 is 0 Å². The van der Waals surface area contributed by atoms with Crippen molar-refractivity contribution in [1.82, 2.24) is 5.32 Å². The molecule has 92 valence electrons. The first kappa shape index (κ1) is 11.8. The molecule has 1 aromatic rings. The molecule has 1 N–H and O–H groups in total. The molecule has 3 heteroatoms. The van der Waals surface area contributed by atoms with E-state index in [-0.39, 0.29) is 0 Å². The van der Waals surface area contributed by atoms with Crippen LogP contribution in [0.5, 0.6) is 0 Å². The second-order valence-electron chi connectivity index (χ2n) is 5.30. The lowest BCUT2D eigenvalue weighted by atomic mass is 9.70. The van der Waals surface area contributed by atoms with Gasteiger partial charge >= 0.3 is 0 Å². The van der Waals surface area contributed by atoms with Gasteiger partial charge in [-0.15, -0.1) is 0 Å². The summed E-state index contributed by atoms with van der Waals surface area (Å²) >= 11 is 12.0. The molecule has 0 spiro atoms. The maximum absolute atomic E-state index is 6.08. The van der Waals surface area contributed by atoms with E-state index in [4.69, 9.17) is 23.2 Å². The quantitative estimate of drug-likeness (QED) is 0.862. The number of hydrogen-bond acceptors (Lipinski definition) is 1. The van der Waals surface area contributed by atoms with Gasteiger partial charge in [-0.05, 0) is 61.8 Å². The van der Waals surface area contributed by atoms with Crippen LogP contribution < -0.4 is 5.32 Å². The van der Waals surface area contributed by atoms with Crippen LogP contribution in [-0.2, 0) is 0 Å². The molecule has 3 rings (SSSR count). The van der Waals surface area contributed by atoms with Gasteiger partial charge in [0, 0.05) is 6.04 Å². The molecule has 0 heterocycles. The second kappa shape index (κ2) is 4.79. The average Bonchev–Trinajstić information content (AvgIpc) is 3.06. The summed E-state index contributed by atoms with van der Waals surface area (Å²) in [7, 11) is 0. The lowest BCUT2D eigenvalue weighted by Gasteiger charge is -2.37. The van der Waals surface area contributed by atoms with Gasteiger partial charge in [0.05, 0.1) is 10.0 Å². The monoisotopic (exact) mass is 269 g/mol. The van der Waals surface area contributed by atoms with E-state index in [1.807, 2.05) is 12.1 Å². The number of halogens is 2. The third kappa shape index (κ3) is 2.62. The minimum Gasteiger partial charge on any atom is -0.314 e. The molecular formula is C14H17Cl2N. The van der Waals surface area contributed by atoms with E-state index in [1.54, 1.807) is 0 Å². The van der Waals surface area contributed by atoms with Crippen molar-refractivity contribution in [1.29, 1.82) is 0 Å². The Bertz CT molecular complexity index is 415. The first-order valence-electron chi connectivity index (χ1n) is 6.42. The van der Waals surface area contributed by atoms with E-state index in [9.17, 15) is 0 Å². The number of hydrogen-bond donors (Lipinski definition) is 1. The molecule has 0 radical (unpaired) electrons. The van der Waals surface area contributed by atoms with Gasteiger partial charge in [0.2, 0.25) is 0 Å². The van der Waals surface area contributed by atoms with Crippen molar-refractivity contribution in [2.24, 2.45) is 5.92 Å². The number of benzene rings is 1. The summed E-state index contributed by atoms with van der Waals surface area (Å²) in [5, 5.41) is 4.97. The Morgan fingerprint density at radius 2 is 1.88 bits per heavy atom. The Labute approximate surface area is 112 Å². The maximum atomic E-state index is 6.08. The zero-order valence-electron chi connectivity index (χ0n) is 9.76. The number of rotatable bonds is 4. The summed E-state index contributed by atoms with van der Waals surface area (Å²) < 4.78 is 0. The van der Waals surface area contributed by atoms with Crippen molar-refractivity contribution in [2.75, 3.05) is 6.54 Å². The summed E-state index contributed by atoms with van der Waals surface area (Å²) in [6, 6.07) is 6.90. The molecule has 0 saturated heterocycles. The fourth-order valence-electron chi connectivity index (χ4n) is 2.60. The molecule has 2 aliphatic rings. The van der Waals surface area contributed by atoms with Gasteiger partial charge in [0.1, 0.15) is 0 Å². The Morgan fingerprint density at radius 1 is 1.06 bits per heavy atom. The molecule has 0 aliphatic heterocycles. The van der Waals surface area contributed by atoms with Gasteiger partial charge in [-0.3, -0.25) is 0 Å². The van der Waals surface area contributed by atoms with Crippen LogP contribution in [0, 0.1) is 5.92 Å². The maximum Gasteiger partial charge on any atom is 0.0595 e. The zero-order valence-corrected chi connectivity index (χ0v) is 11.3. The van der Waals surface area contributed by atoms with Gasteiger partial charge in [-0.25, -0.2) is 0 Å². The van der Waals surface area contributed by atoms with Crippen LogP contribution in [0.4, 0.5) is 0 Å². The highest BCUT2D eigenvalue weighted by atomic mass is 35.5. The molecule has 1 nitrogen and oxygen atoms in total. The third-order valence-electron chi connectivity index (χ3n) is 4.04. The topological polar surface area (TPSA) is 12.0 Å². The highest BCUT2D eigenvalue weighted by Crippen LogP contribution is 2.43. The van der Waals surface area contributed by atoms with Crippen LogP contribution in [0.3, 0.4) is 0 Å². The molecule has 1 aromatic carbocycles. The molecule has 0 aromatic heterocycles. The second-order valence-corrected chi connectivity index (χ2v) is 6.11. The van der Waals surface area contributed by atoms with Gasteiger partial charge in [0.25, 0.3) is 0 Å². The van der Waals surface area contributed by atoms with E-state index in [1.165, 1.54) is 31.2 Å². The fourth-order valence-corrected chi connectivity index (χ4v) is 2.91. The Hall–Kier alpha value is -0.240. The molecule has 2 unspecified atom stereocenters. The van der Waals surface area contributed by atoms with E-state index in [2.05, 4.69) is 11.4 Å². The van der Waals surface area contributed by atoms with Crippen molar-refractivity contribution in [3.05, 3.63) is 33.8 Å². The van der Waals surface area contributed by atoms with Crippen LogP contribution in [0.15, 0.2) is 18.2 Å². The lowest BCUT2D eigenvalue weighted by molar-refractivity contribution is 0.245. The first-order valence-corrected chi connectivity index (χ1v) is 7.18. The summed E-state index contributed by atoms with van der Waals surface area (Å²) in [6.45, 7) is 1.16. The van der Waals surface area contributed by atoms with Crippen LogP contribution in [-0.4, -0.2) is 12.6 Å². The summed E-state index contributed by atoms with van der Waals surface area (Å²) in [5.74, 6) is 1.46. The van der Waals surface area contributed by atoms with Crippen molar-refractivity contribution in [3.8, 4) is 0 Å². The highest BCUT2D eigenvalue weighted by molar-refractivity contribution is 6.42. The average molecular weight is 270 g/mol. The smallest absolute Gasteiger partial charge is 0.0595 e. The van der Waals surface area contributed by atoms with Gasteiger partial charge < -0.3 is 5.32 Å². The molecule has 0 bridgehead atoms. The van der Waals surface area contributed by atoms with Gasteiger partial charge in [0.15, 0.2) is 0 Å². The largest absolute Gasteiger partial charge is 0.314 e. The summed E-state index contributed by atoms with van der Waals surface area (Å²) in [5.41, 5.74) is 1.35. The molecule has 17 heavy (non-hydrogen) atoms. The molecule has 2 atom stereocenters. The molecule has 2 saturated carbocycles. The summed E-state index contributed by atoms with van der Waals surface area (Å²) in [4.78, 5) is 0. The fraction of sp³-hybridized carbons (Fsp3) is 0.571. The van der Waals surface area contributed by atoms with Crippen molar-refractivity contribution in [3.63, 3.8) is 0 Å². The van der Waals surface area contributed by atoms with Crippen LogP contribution in [0.1, 0.15) is 37.2 Å². The Balaban J connectivity index is 1.64. The normalized spacial score (nSPS) is 27.9. The SMILES string of the molecule is Clc1ccc(C2CCC2CNC2CC2)cc1Cl. The standard InChI is InChI=1S/C14H17Cl2N/c15-13-6-2-9(7-14(13)16)12-5-1-10(12)8-17-11-3-4-11/h2,6-7,10-12,17H,1,3-5,8H2. The Morgan fingerprint density at radius 3 is 2.47 bits per heavy atom. The predicted molar refractivity (Wildman–Crippen MR) is 73.0 cm³/mol. The number of nitrogens with one attached hydrogen (secondary N) is 1. The van der Waals surface area contributed by atoms with Gasteiger partial charge in [-0.1, -0.05) is 29.3 Å². The predicted octanol–water partition coefficient (Wildman–Crippen LogP) is 4.24. The molecule has 2 fully saturated rings. The summed E-state index contributed by atoms with van der Waals surface area (Å²) in [6.07, 6.45) is 5.36. The molecule has 2 aliphatic carbocycles. The zero-order chi connectivity index (χ0) is 11.8. The third-order valence-corrected chi connectivity index (χ3v) is 4.77. The van der Waals surface area contributed by atoms with E-state index >= 15 is 0 Å². The highest BCUT2D eigenvalue weighted by Gasteiger charge is 2.33. The van der Waals surface area contributed by atoms with E-state index in [0.717, 1.165) is 18.5 Å². The van der Waals surface area contributed by atoms with Gasteiger partial charge in [-0.2, -0.15) is 0 Å². The van der Waals surface area contributed by atoms with Crippen molar-refractivity contribution < 1.29 is 0 Å². The minimum atomic E-state index is 0.655. The molecule has 0 amide bonds. The van der Waals surface area contributed by atoms with Crippen molar-refractivity contribution in [2.45, 2.75) is 37.6 Å². The van der Waals surface area contributed by atoms with Crippen LogP contribution >= 0.6 is 23.2 Å². The van der Waals surface area contributed by atoms with E-state index in [0.29, 0.717) is 16.0 Å². The Kier molecular flexibility index (Phi) is 3.34. The molecular weight excluding hydrogens is 253 g/mol. The van der Waals surface area contributed by atoms with Crippen molar-refractivity contribution >= 4 is 23.2 Å². The minimum absolute atomic E-state index is 0.655. The van der Waals surface area contributed by atoms with Crippen LogP contribution in [0.25, 0.3) is 0 Å². The lowest BCUT2D eigenvalue weighted by Crippen LogP contribution is -2.34. The first-order chi connectivity index (χ1) is 8.24.